The van der Waals surface area contributed by atoms with E-state index in [1.54, 1.807) is 0 Å². The summed E-state index contributed by atoms with van der Waals surface area (Å²) in [5.74, 6) is 2.63. The topological polar surface area (TPSA) is 49.8 Å². The molecule has 2 aromatic rings. The van der Waals surface area contributed by atoms with Gasteiger partial charge in [-0.1, -0.05) is 37.6 Å². The van der Waals surface area contributed by atoms with E-state index in [1.165, 1.54) is 0 Å². The number of hydrogen-bond donors (Lipinski definition) is 2. The van der Waals surface area contributed by atoms with E-state index in [-0.39, 0.29) is 5.92 Å². The van der Waals surface area contributed by atoms with Crippen LogP contribution in [0.1, 0.15) is 32.5 Å². The highest BCUT2D eigenvalue weighted by Crippen LogP contribution is 2.25. The molecule has 0 unspecified atom stereocenters. The summed E-state index contributed by atoms with van der Waals surface area (Å²) in [5.41, 5.74) is 0.838. The van der Waals surface area contributed by atoms with Gasteiger partial charge >= 0.3 is 0 Å². The first-order valence-electron chi connectivity index (χ1n) is 6.74. The molecule has 4 nitrogen and oxygen atoms in total. The minimum absolute atomic E-state index is 0.264. The molecule has 0 aliphatic heterocycles. The second kappa shape index (κ2) is 6.57. The number of nitrogens with one attached hydrogen (secondary N) is 2. The number of halogens is 1. The van der Waals surface area contributed by atoms with Gasteiger partial charge in [0.25, 0.3) is 0 Å². The fourth-order valence-electron chi connectivity index (χ4n) is 1.76. The Labute approximate surface area is 124 Å². The molecular weight excluding hydrogens is 272 g/mol. The molecule has 1 aromatic heterocycles. The number of anilines is 3. The van der Waals surface area contributed by atoms with Gasteiger partial charge < -0.3 is 10.6 Å². The van der Waals surface area contributed by atoms with E-state index in [2.05, 4.69) is 34.4 Å². The fourth-order valence-corrected chi connectivity index (χ4v) is 1.94. The number of aromatic nitrogens is 2. The van der Waals surface area contributed by atoms with E-state index in [1.807, 2.05) is 37.3 Å². The molecule has 0 saturated carbocycles. The molecule has 0 radical (unpaired) electrons. The SMILES string of the molecule is CCNc1cc(Nc2ccccc2Cl)nc(C(C)C)n1. The summed E-state index contributed by atoms with van der Waals surface area (Å²) >= 11 is 6.16. The molecule has 106 valence electrons. The van der Waals surface area contributed by atoms with Crippen molar-refractivity contribution in [3.63, 3.8) is 0 Å². The third-order valence-electron chi connectivity index (χ3n) is 2.75. The van der Waals surface area contributed by atoms with Gasteiger partial charge in [-0.05, 0) is 19.1 Å². The molecule has 0 aliphatic rings. The average molecular weight is 291 g/mol. The van der Waals surface area contributed by atoms with Crippen LogP contribution in [0.4, 0.5) is 17.3 Å². The Kier molecular flexibility index (Phi) is 4.79. The largest absolute Gasteiger partial charge is 0.370 e. The van der Waals surface area contributed by atoms with Gasteiger partial charge in [-0.15, -0.1) is 0 Å². The third kappa shape index (κ3) is 3.61. The minimum Gasteiger partial charge on any atom is -0.370 e. The Bertz CT molecular complexity index is 584. The zero-order chi connectivity index (χ0) is 14.5. The number of nitrogens with zero attached hydrogens (tertiary/aromatic N) is 2. The van der Waals surface area contributed by atoms with Gasteiger partial charge in [-0.3, -0.25) is 0 Å². The average Bonchev–Trinajstić information content (AvgIpc) is 2.41. The molecule has 5 heteroatoms. The van der Waals surface area contributed by atoms with E-state index in [9.17, 15) is 0 Å². The first-order valence-corrected chi connectivity index (χ1v) is 7.12. The maximum Gasteiger partial charge on any atom is 0.136 e. The molecule has 0 bridgehead atoms. The van der Waals surface area contributed by atoms with Gasteiger partial charge in [0.15, 0.2) is 0 Å². The number of benzene rings is 1. The minimum atomic E-state index is 0.264. The molecule has 2 rings (SSSR count). The Morgan fingerprint density at radius 1 is 1.15 bits per heavy atom. The van der Waals surface area contributed by atoms with Crippen LogP contribution in [0.3, 0.4) is 0 Å². The summed E-state index contributed by atoms with van der Waals surface area (Å²) in [5, 5.41) is 7.13. The van der Waals surface area contributed by atoms with Crippen LogP contribution in [-0.4, -0.2) is 16.5 Å². The van der Waals surface area contributed by atoms with Crippen LogP contribution in [-0.2, 0) is 0 Å². The number of hydrogen-bond acceptors (Lipinski definition) is 4. The van der Waals surface area contributed by atoms with Crippen LogP contribution in [0.15, 0.2) is 30.3 Å². The second-order valence-corrected chi connectivity index (χ2v) is 5.19. The Morgan fingerprint density at radius 2 is 1.85 bits per heavy atom. The predicted octanol–water partition coefficient (Wildman–Crippen LogP) is 4.43. The summed E-state index contributed by atoms with van der Waals surface area (Å²) in [7, 11) is 0. The van der Waals surface area contributed by atoms with Crippen molar-refractivity contribution in [3.05, 3.63) is 41.2 Å². The van der Waals surface area contributed by atoms with Crippen molar-refractivity contribution in [2.45, 2.75) is 26.7 Å². The van der Waals surface area contributed by atoms with Gasteiger partial charge in [0.05, 0.1) is 10.7 Å². The van der Waals surface area contributed by atoms with E-state index in [0.29, 0.717) is 5.02 Å². The maximum absolute atomic E-state index is 6.16. The van der Waals surface area contributed by atoms with Gasteiger partial charge in [-0.2, -0.15) is 0 Å². The summed E-state index contributed by atoms with van der Waals surface area (Å²) in [6, 6.07) is 9.49. The third-order valence-corrected chi connectivity index (χ3v) is 3.08. The van der Waals surface area contributed by atoms with Crippen molar-refractivity contribution in [1.82, 2.24) is 9.97 Å². The lowest BCUT2D eigenvalue weighted by molar-refractivity contribution is 0.777. The predicted molar refractivity (Wildman–Crippen MR) is 85.0 cm³/mol. The number of rotatable bonds is 5. The summed E-state index contributed by atoms with van der Waals surface area (Å²) in [4.78, 5) is 9.02. The van der Waals surface area contributed by atoms with Crippen LogP contribution in [0.25, 0.3) is 0 Å². The van der Waals surface area contributed by atoms with Crippen LogP contribution < -0.4 is 10.6 Å². The van der Waals surface area contributed by atoms with Crippen LogP contribution in [0, 0.1) is 0 Å². The molecular formula is C15H19ClN4. The van der Waals surface area contributed by atoms with Crippen LogP contribution >= 0.6 is 11.6 Å². The van der Waals surface area contributed by atoms with Crippen molar-refractivity contribution in [1.29, 1.82) is 0 Å². The summed E-state index contributed by atoms with van der Waals surface area (Å²) in [6.45, 7) is 7.01. The van der Waals surface area contributed by atoms with Gasteiger partial charge in [-0.25, -0.2) is 9.97 Å². The standard InChI is InChI=1S/C15H19ClN4/c1-4-17-13-9-14(20-15(19-13)10(2)3)18-12-8-6-5-7-11(12)16/h5-10H,4H2,1-3H3,(H2,17,18,19,20). The molecule has 0 amide bonds. The monoisotopic (exact) mass is 290 g/mol. The summed E-state index contributed by atoms with van der Waals surface area (Å²) in [6.07, 6.45) is 0. The maximum atomic E-state index is 6.16. The first-order chi connectivity index (χ1) is 9.60. The van der Waals surface area contributed by atoms with Gasteiger partial charge in [0.1, 0.15) is 17.5 Å². The van der Waals surface area contributed by atoms with Crippen molar-refractivity contribution in [2.24, 2.45) is 0 Å². The zero-order valence-electron chi connectivity index (χ0n) is 11.9. The smallest absolute Gasteiger partial charge is 0.136 e. The van der Waals surface area contributed by atoms with Crippen molar-refractivity contribution < 1.29 is 0 Å². The molecule has 1 aromatic carbocycles. The Balaban J connectivity index is 2.33. The highest BCUT2D eigenvalue weighted by atomic mass is 35.5. The van der Waals surface area contributed by atoms with Crippen molar-refractivity contribution in [3.8, 4) is 0 Å². The van der Waals surface area contributed by atoms with Crippen molar-refractivity contribution >= 4 is 28.9 Å². The van der Waals surface area contributed by atoms with E-state index in [0.717, 1.165) is 29.7 Å². The van der Waals surface area contributed by atoms with E-state index in [4.69, 9.17) is 11.6 Å². The quantitative estimate of drug-likeness (QED) is 0.855. The zero-order valence-corrected chi connectivity index (χ0v) is 12.7. The van der Waals surface area contributed by atoms with Crippen molar-refractivity contribution in [2.75, 3.05) is 17.2 Å². The highest BCUT2D eigenvalue weighted by Gasteiger charge is 2.09. The van der Waals surface area contributed by atoms with Crippen LogP contribution in [0.2, 0.25) is 5.02 Å². The molecule has 1 heterocycles. The van der Waals surface area contributed by atoms with Gasteiger partial charge in [0.2, 0.25) is 0 Å². The molecule has 0 saturated heterocycles. The first kappa shape index (κ1) is 14.6. The Hall–Kier alpha value is -1.81. The molecule has 20 heavy (non-hydrogen) atoms. The molecule has 0 aliphatic carbocycles. The van der Waals surface area contributed by atoms with Crippen LogP contribution in [0.5, 0.6) is 0 Å². The summed E-state index contributed by atoms with van der Waals surface area (Å²) < 4.78 is 0. The van der Waals surface area contributed by atoms with E-state index < -0.39 is 0 Å². The lowest BCUT2D eigenvalue weighted by atomic mass is 10.2. The Morgan fingerprint density at radius 3 is 2.50 bits per heavy atom. The fraction of sp³-hybridized carbons (Fsp3) is 0.333. The number of para-hydroxylation sites is 1. The normalized spacial score (nSPS) is 10.7. The molecule has 0 atom stereocenters. The van der Waals surface area contributed by atoms with E-state index >= 15 is 0 Å². The van der Waals surface area contributed by atoms with Gasteiger partial charge in [0, 0.05) is 18.5 Å². The molecule has 0 fully saturated rings. The molecule has 0 spiro atoms. The molecule has 2 N–H and O–H groups in total. The lowest BCUT2D eigenvalue weighted by Crippen LogP contribution is -2.07. The lowest BCUT2D eigenvalue weighted by Gasteiger charge is -2.13. The second-order valence-electron chi connectivity index (χ2n) is 4.79. The highest BCUT2D eigenvalue weighted by molar-refractivity contribution is 6.33.